The maximum Gasteiger partial charge on any atom is 0.303 e. The Labute approximate surface area is 234 Å². The molecule has 0 aromatic heterocycles. The molecular weight excluding hydrogens is 560 g/mol. The Balaban J connectivity index is 2.57. The summed E-state index contributed by atoms with van der Waals surface area (Å²) in [6.45, 7) is 5.14. The van der Waals surface area contributed by atoms with Gasteiger partial charge < -0.3 is 52.8 Å². The zero-order valence-corrected chi connectivity index (χ0v) is 23.2. The van der Waals surface area contributed by atoms with E-state index >= 15 is 0 Å². The third-order valence-electron chi connectivity index (χ3n) is 5.63. The molecule has 0 saturated carbocycles. The molecule has 2 aliphatic heterocycles. The van der Waals surface area contributed by atoms with Gasteiger partial charge in [-0.25, -0.2) is 0 Å². The summed E-state index contributed by atoms with van der Waals surface area (Å²) in [5, 5.41) is 21.4. The van der Waals surface area contributed by atoms with E-state index in [1.165, 1.54) is 0 Å². The van der Waals surface area contributed by atoms with Crippen LogP contribution in [0.25, 0.3) is 0 Å². The SMILES string of the molecule is CC(=O)OCC1OC(OC2C(COC(C)=O)OC(O)C(OC(C)=O)C2OC(C)=O)C(OC(C)=O)C(OC(C)=O)C1O. The predicted octanol–water partition coefficient (Wildman–Crippen LogP) is -1.97. The van der Waals surface area contributed by atoms with Crippen molar-refractivity contribution in [2.75, 3.05) is 13.2 Å². The number of ether oxygens (including phenoxy) is 9. The van der Waals surface area contributed by atoms with Crippen molar-refractivity contribution in [2.45, 2.75) is 103 Å². The molecule has 2 heterocycles. The Morgan fingerprint density at radius 1 is 0.537 bits per heavy atom. The minimum Gasteiger partial charge on any atom is -0.463 e. The molecule has 10 atom stereocenters. The fraction of sp³-hybridized carbons (Fsp3) is 0.750. The molecule has 2 fully saturated rings. The summed E-state index contributed by atoms with van der Waals surface area (Å²) < 4.78 is 48.0. The number of aliphatic hydroxyl groups excluding tert-OH is 2. The predicted molar refractivity (Wildman–Crippen MR) is 126 cm³/mol. The average Bonchev–Trinajstić information content (AvgIpc) is 2.83. The molecule has 0 amide bonds. The van der Waals surface area contributed by atoms with Gasteiger partial charge >= 0.3 is 35.8 Å². The van der Waals surface area contributed by atoms with Crippen molar-refractivity contribution in [2.24, 2.45) is 0 Å². The van der Waals surface area contributed by atoms with Gasteiger partial charge in [-0.1, -0.05) is 0 Å². The normalized spacial score (nSPS) is 33.1. The summed E-state index contributed by atoms with van der Waals surface area (Å²) in [4.78, 5) is 70.6. The molecule has 0 aliphatic carbocycles. The first-order valence-corrected chi connectivity index (χ1v) is 12.4. The van der Waals surface area contributed by atoms with E-state index in [1.54, 1.807) is 0 Å². The molecule has 17 nitrogen and oxygen atoms in total. The molecule has 0 aromatic carbocycles. The van der Waals surface area contributed by atoms with Gasteiger partial charge in [-0.2, -0.15) is 0 Å². The molecule has 41 heavy (non-hydrogen) atoms. The van der Waals surface area contributed by atoms with Crippen molar-refractivity contribution in [3.63, 3.8) is 0 Å². The van der Waals surface area contributed by atoms with E-state index in [9.17, 15) is 39.0 Å². The highest BCUT2D eigenvalue weighted by Crippen LogP contribution is 2.33. The van der Waals surface area contributed by atoms with Gasteiger partial charge in [-0.05, 0) is 0 Å². The summed E-state index contributed by atoms with van der Waals surface area (Å²) in [6, 6.07) is 0. The van der Waals surface area contributed by atoms with E-state index in [-0.39, 0.29) is 0 Å². The number of esters is 6. The standard InChI is InChI=1S/C24H34O17/c1-9(25)33-7-15-17(31)19(35-11(3)27)22(38-14(6)30)24(40-15)41-18-16(8-34-10(2)26)39-23(32)21(37-13(5)29)20(18)36-12(4)28/h15-24,31-32H,7-8H2,1-6H3. The van der Waals surface area contributed by atoms with Gasteiger partial charge in [0.2, 0.25) is 0 Å². The molecule has 232 valence electrons. The first-order chi connectivity index (χ1) is 19.1. The lowest BCUT2D eigenvalue weighted by molar-refractivity contribution is -0.357. The monoisotopic (exact) mass is 594 g/mol. The molecule has 0 radical (unpaired) electrons. The first-order valence-electron chi connectivity index (χ1n) is 12.4. The maximum atomic E-state index is 12.0. The number of carbonyl (C=O) groups excluding carboxylic acids is 6. The second-order valence-electron chi connectivity index (χ2n) is 9.10. The Bertz CT molecular complexity index is 981. The Hall–Kier alpha value is -3.38. The number of aliphatic hydroxyl groups is 2. The smallest absolute Gasteiger partial charge is 0.303 e. The molecule has 0 bridgehead atoms. The lowest BCUT2D eigenvalue weighted by Gasteiger charge is -2.47. The van der Waals surface area contributed by atoms with E-state index < -0.39 is 110 Å². The highest BCUT2D eigenvalue weighted by atomic mass is 16.8. The van der Waals surface area contributed by atoms with E-state index in [4.69, 9.17) is 42.6 Å². The fourth-order valence-electron chi connectivity index (χ4n) is 4.17. The molecular formula is C24H34O17. The lowest BCUT2D eigenvalue weighted by Crippen LogP contribution is -2.66. The van der Waals surface area contributed by atoms with Crippen molar-refractivity contribution >= 4 is 35.8 Å². The quantitative estimate of drug-likeness (QED) is 0.206. The number of hydrogen-bond donors (Lipinski definition) is 2. The second-order valence-corrected chi connectivity index (χ2v) is 9.10. The van der Waals surface area contributed by atoms with Gasteiger partial charge in [0.15, 0.2) is 37.0 Å². The van der Waals surface area contributed by atoms with Crippen LogP contribution in [0.3, 0.4) is 0 Å². The number of carbonyl (C=O) groups is 6. The highest BCUT2D eigenvalue weighted by molar-refractivity contribution is 5.68. The van der Waals surface area contributed by atoms with Crippen molar-refractivity contribution in [3.05, 3.63) is 0 Å². The van der Waals surface area contributed by atoms with E-state index in [2.05, 4.69) is 0 Å². The molecule has 17 heteroatoms. The van der Waals surface area contributed by atoms with E-state index in [0.717, 1.165) is 41.5 Å². The fourth-order valence-corrected chi connectivity index (χ4v) is 4.17. The molecule has 2 aliphatic rings. The molecule has 0 aromatic rings. The number of rotatable bonds is 10. The van der Waals surface area contributed by atoms with Crippen molar-refractivity contribution < 1.29 is 81.6 Å². The van der Waals surface area contributed by atoms with Crippen LogP contribution in [0.1, 0.15) is 41.5 Å². The minimum atomic E-state index is -1.88. The first kappa shape index (κ1) is 33.8. The molecule has 2 saturated heterocycles. The Morgan fingerprint density at radius 2 is 0.976 bits per heavy atom. The van der Waals surface area contributed by atoms with Crippen molar-refractivity contribution in [1.29, 1.82) is 0 Å². The van der Waals surface area contributed by atoms with Gasteiger partial charge in [-0.3, -0.25) is 28.8 Å². The van der Waals surface area contributed by atoms with Crippen LogP contribution >= 0.6 is 0 Å². The Kier molecular flexibility index (Phi) is 12.4. The van der Waals surface area contributed by atoms with Gasteiger partial charge in [-0.15, -0.1) is 0 Å². The molecule has 2 rings (SSSR count). The summed E-state index contributed by atoms with van der Waals surface area (Å²) in [5.74, 6) is -5.07. The average molecular weight is 595 g/mol. The van der Waals surface area contributed by atoms with Crippen LogP contribution in [-0.4, -0.2) is 121 Å². The van der Waals surface area contributed by atoms with Crippen LogP contribution in [0, 0.1) is 0 Å². The third-order valence-corrected chi connectivity index (χ3v) is 5.63. The van der Waals surface area contributed by atoms with Gasteiger partial charge in [0, 0.05) is 41.5 Å². The second kappa shape index (κ2) is 15.0. The van der Waals surface area contributed by atoms with Crippen LogP contribution in [0.4, 0.5) is 0 Å². The van der Waals surface area contributed by atoms with E-state index in [0.29, 0.717) is 0 Å². The summed E-state index contributed by atoms with van der Waals surface area (Å²) in [7, 11) is 0. The van der Waals surface area contributed by atoms with Crippen LogP contribution in [0.5, 0.6) is 0 Å². The van der Waals surface area contributed by atoms with Crippen molar-refractivity contribution in [1.82, 2.24) is 0 Å². The Morgan fingerprint density at radius 3 is 1.46 bits per heavy atom. The topological polar surface area (TPSA) is 226 Å². The number of hydrogen-bond acceptors (Lipinski definition) is 17. The third kappa shape index (κ3) is 9.89. The van der Waals surface area contributed by atoms with Crippen LogP contribution in [0.15, 0.2) is 0 Å². The summed E-state index contributed by atoms with van der Waals surface area (Å²) in [6.07, 6.45) is -16.3. The summed E-state index contributed by atoms with van der Waals surface area (Å²) >= 11 is 0. The molecule has 10 unspecified atom stereocenters. The van der Waals surface area contributed by atoms with Gasteiger partial charge in [0.25, 0.3) is 0 Å². The zero-order valence-electron chi connectivity index (χ0n) is 23.2. The molecule has 0 spiro atoms. The maximum absolute atomic E-state index is 12.0. The van der Waals surface area contributed by atoms with Gasteiger partial charge in [0.05, 0.1) is 0 Å². The van der Waals surface area contributed by atoms with Gasteiger partial charge in [0.1, 0.15) is 37.6 Å². The van der Waals surface area contributed by atoms with Crippen LogP contribution in [0.2, 0.25) is 0 Å². The van der Waals surface area contributed by atoms with Crippen molar-refractivity contribution in [3.8, 4) is 0 Å². The molecule has 2 N–H and O–H groups in total. The minimum absolute atomic E-state index is 0.554. The summed E-state index contributed by atoms with van der Waals surface area (Å²) in [5.41, 5.74) is 0. The largest absolute Gasteiger partial charge is 0.463 e. The van der Waals surface area contributed by atoms with E-state index in [1.807, 2.05) is 0 Å². The zero-order chi connectivity index (χ0) is 31.0. The highest BCUT2D eigenvalue weighted by Gasteiger charge is 2.56. The van der Waals surface area contributed by atoms with Crippen LogP contribution in [-0.2, 0) is 71.4 Å². The lowest BCUT2D eigenvalue weighted by atomic mass is 9.96. The van der Waals surface area contributed by atoms with Crippen LogP contribution < -0.4 is 0 Å².